The highest BCUT2D eigenvalue weighted by molar-refractivity contribution is 6.31. The Morgan fingerprint density at radius 2 is 1.95 bits per heavy atom. The van der Waals surface area contributed by atoms with Crippen molar-refractivity contribution in [3.8, 4) is 6.07 Å². The lowest BCUT2D eigenvalue weighted by Crippen LogP contribution is -2.02. The van der Waals surface area contributed by atoms with E-state index in [4.69, 9.17) is 28.5 Å². The fourth-order valence-corrected chi connectivity index (χ4v) is 1.95. The summed E-state index contributed by atoms with van der Waals surface area (Å²) in [6.45, 7) is 0.277. The van der Waals surface area contributed by atoms with Gasteiger partial charge in [-0.3, -0.25) is 0 Å². The Labute approximate surface area is 120 Å². The van der Waals surface area contributed by atoms with E-state index in [9.17, 15) is 4.39 Å². The van der Waals surface area contributed by atoms with Crippen LogP contribution in [0.3, 0.4) is 0 Å². The molecule has 0 unspecified atom stereocenters. The third kappa shape index (κ3) is 3.37. The van der Waals surface area contributed by atoms with Crippen molar-refractivity contribution < 1.29 is 4.39 Å². The summed E-state index contributed by atoms with van der Waals surface area (Å²) in [5, 5.41) is 12.8. The summed E-state index contributed by atoms with van der Waals surface area (Å²) in [5.41, 5.74) is 1.53. The van der Waals surface area contributed by atoms with E-state index in [1.54, 1.807) is 24.3 Å². The second-order valence-electron chi connectivity index (χ2n) is 3.90. The highest BCUT2D eigenvalue weighted by Gasteiger charge is 2.04. The summed E-state index contributed by atoms with van der Waals surface area (Å²) >= 11 is 11.6. The van der Waals surface area contributed by atoms with Gasteiger partial charge in [-0.15, -0.1) is 0 Å². The molecule has 2 rings (SSSR count). The summed E-state index contributed by atoms with van der Waals surface area (Å²) < 4.78 is 13.5. The molecule has 19 heavy (non-hydrogen) atoms. The van der Waals surface area contributed by atoms with Crippen molar-refractivity contribution >= 4 is 28.9 Å². The topological polar surface area (TPSA) is 35.8 Å². The number of hydrogen-bond donors (Lipinski definition) is 1. The zero-order valence-electron chi connectivity index (χ0n) is 9.75. The first-order chi connectivity index (χ1) is 9.10. The van der Waals surface area contributed by atoms with Gasteiger partial charge < -0.3 is 5.32 Å². The van der Waals surface area contributed by atoms with Gasteiger partial charge in [0, 0.05) is 22.8 Å². The fraction of sp³-hybridized carbons (Fsp3) is 0.0714. The van der Waals surface area contributed by atoms with Gasteiger partial charge in [0.05, 0.1) is 10.6 Å². The van der Waals surface area contributed by atoms with Crippen LogP contribution in [0.1, 0.15) is 11.1 Å². The molecule has 2 nitrogen and oxygen atoms in total. The maximum absolute atomic E-state index is 13.5. The Bertz CT molecular complexity index is 650. The Hall–Kier alpha value is -1.76. The minimum absolute atomic E-state index is 0.277. The molecule has 0 fully saturated rings. The molecule has 2 aromatic carbocycles. The molecule has 0 saturated carbocycles. The number of hydrogen-bond acceptors (Lipinski definition) is 2. The van der Waals surface area contributed by atoms with Crippen LogP contribution in [0.15, 0.2) is 36.4 Å². The van der Waals surface area contributed by atoms with Crippen molar-refractivity contribution in [2.75, 3.05) is 5.32 Å². The number of halogens is 3. The molecular weight excluding hydrogens is 286 g/mol. The quantitative estimate of drug-likeness (QED) is 0.897. The number of rotatable bonds is 3. The van der Waals surface area contributed by atoms with Crippen LogP contribution in [0.5, 0.6) is 0 Å². The van der Waals surface area contributed by atoms with Crippen LogP contribution in [0, 0.1) is 17.1 Å². The molecule has 96 valence electrons. The van der Waals surface area contributed by atoms with Gasteiger partial charge in [0.1, 0.15) is 11.9 Å². The molecule has 0 aromatic heterocycles. The number of nitrogens with zero attached hydrogens (tertiary/aromatic N) is 1. The van der Waals surface area contributed by atoms with Crippen molar-refractivity contribution in [3.05, 3.63) is 63.4 Å². The van der Waals surface area contributed by atoms with Crippen LogP contribution in [0.4, 0.5) is 10.1 Å². The molecule has 2 aromatic rings. The minimum atomic E-state index is -0.327. The molecule has 1 N–H and O–H groups in total. The van der Waals surface area contributed by atoms with E-state index in [1.165, 1.54) is 12.1 Å². The smallest absolute Gasteiger partial charge is 0.128 e. The van der Waals surface area contributed by atoms with Gasteiger partial charge in [0.25, 0.3) is 0 Å². The Balaban J connectivity index is 2.15. The first-order valence-corrected chi connectivity index (χ1v) is 6.23. The molecule has 0 amide bonds. The average Bonchev–Trinajstić information content (AvgIpc) is 2.41. The SMILES string of the molecule is N#Cc1cc(NCc2cc(Cl)ccc2F)ccc1Cl. The van der Waals surface area contributed by atoms with Crippen molar-refractivity contribution in [2.45, 2.75) is 6.54 Å². The molecule has 0 aliphatic heterocycles. The van der Waals surface area contributed by atoms with Gasteiger partial charge in [-0.2, -0.15) is 5.26 Å². The Morgan fingerprint density at radius 1 is 1.16 bits per heavy atom. The summed E-state index contributed by atoms with van der Waals surface area (Å²) in [4.78, 5) is 0. The molecule has 0 saturated heterocycles. The van der Waals surface area contributed by atoms with Gasteiger partial charge >= 0.3 is 0 Å². The van der Waals surface area contributed by atoms with Gasteiger partial charge in [0.2, 0.25) is 0 Å². The summed E-state index contributed by atoms with van der Waals surface area (Å²) in [6.07, 6.45) is 0. The number of nitrogens with one attached hydrogen (secondary N) is 1. The van der Waals surface area contributed by atoms with Crippen LogP contribution >= 0.6 is 23.2 Å². The second-order valence-corrected chi connectivity index (χ2v) is 4.74. The maximum atomic E-state index is 13.5. The second kappa shape index (κ2) is 5.92. The predicted octanol–water partition coefficient (Wildman–Crippen LogP) is 4.62. The zero-order valence-corrected chi connectivity index (χ0v) is 11.3. The molecule has 0 radical (unpaired) electrons. The zero-order chi connectivity index (χ0) is 13.8. The lowest BCUT2D eigenvalue weighted by atomic mass is 10.2. The molecule has 0 heterocycles. The van der Waals surface area contributed by atoms with Gasteiger partial charge in [-0.1, -0.05) is 23.2 Å². The number of anilines is 1. The number of benzene rings is 2. The van der Waals surface area contributed by atoms with Crippen LogP contribution in [-0.2, 0) is 6.54 Å². The average molecular weight is 295 g/mol. The molecule has 0 spiro atoms. The molecule has 0 atom stereocenters. The molecular formula is C14H9Cl2FN2. The van der Waals surface area contributed by atoms with Crippen LogP contribution in [-0.4, -0.2) is 0 Å². The normalized spacial score (nSPS) is 10.0. The van der Waals surface area contributed by atoms with E-state index >= 15 is 0 Å². The third-order valence-electron chi connectivity index (χ3n) is 2.58. The Kier molecular flexibility index (Phi) is 4.26. The Morgan fingerprint density at radius 3 is 2.68 bits per heavy atom. The molecule has 0 aliphatic carbocycles. The predicted molar refractivity (Wildman–Crippen MR) is 74.9 cm³/mol. The molecule has 0 bridgehead atoms. The monoisotopic (exact) mass is 294 g/mol. The van der Waals surface area contributed by atoms with Crippen molar-refractivity contribution in [2.24, 2.45) is 0 Å². The van der Waals surface area contributed by atoms with E-state index in [2.05, 4.69) is 5.32 Å². The lowest BCUT2D eigenvalue weighted by Gasteiger charge is -2.08. The van der Waals surface area contributed by atoms with E-state index in [0.29, 0.717) is 26.9 Å². The minimum Gasteiger partial charge on any atom is -0.381 e. The summed E-state index contributed by atoms with van der Waals surface area (Å²) in [5.74, 6) is -0.327. The summed E-state index contributed by atoms with van der Waals surface area (Å²) in [7, 11) is 0. The summed E-state index contributed by atoms with van der Waals surface area (Å²) in [6, 6.07) is 11.3. The highest BCUT2D eigenvalue weighted by atomic mass is 35.5. The van der Waals surface area contributed by atoms with E-state index in [0.717, 1.165) is 0 Å². The van der Waals surface area contributed by atoms with Gasteiger partial charge in [-0.25, -0.2) is 4.39 Å². The fourth-order valence-electron chi connectivity index (χ4n) is 1.60. The maximum Gasteiger partial charge on any atom is 0.128 e. The first-order valence-electron chi connectivity index (χ1n) is 5.47. The molecule has 0 aliphatic rings. The van der Waals surface area contributed by atoms with Crippen molar-refractivity contribution in [1.29, 1.82) is 5.26 Å². The standard InChI is InChI=1S/C14H9Cl2FN2/c15-11-1-4-14(17)10(5-11)8-19-12-2-3-13(16)9(6-12)7-18/h1-6,19H,8H2. The van der Waals surface area contributed by atoms with Gasteiger partial charge in [0.15, 0.2) is 0 Å². The molecule has 5 heteroatoms. The largest absolute Gasteiger partial charge is 0.381 e. The van der Waals surface area contributed by atoms with E-state index < -0.39 is 0 Å². The van der Waals surface area contributed by atoms with E-state index in [1.807, 2.05) is 6.07 Å². The van der Waals surface area contributed by atoms with Crippen LogP contribution in [0.25, 0.3) is 0 Å². The number of nitriles is 1. The van der Waals surface area contributed by atoms with E-state index in [-0.39, 0.29) is 12.4 Å². The third-order valence-corrected chi connectivity index (χ3v) is 3.14. The first kappa shape index (κ1) is 13.7. The van der Waals surface area contributed by atoms with Crippen LogP contribution < -0.4 is 5.32 Å². The van der Waals surface area contributed by atoms with Crippen LogP contribution in [0.2, 0.25) is 10.0 Å². The van der Waals surface area contributed by atoms with Crippen molar-refractivity contribution in [1.82, 2.24) is 0 Å². The highest BCUT2D eigenvalue weighted by Crippen LogP contribution is 2.21. The van der Waals surface area contributed by atoms with Gasteiger partial charge in [-0.05, 0) is 36.4 Å². The lowest BCUT2D eigenvalue weighted by molar-refractivity contribution is 0.613. The van der Waals surface area contributed by atoms with Crippen molar-refractivity contribution in [3.63, 3.8) is 0 Å².